The number of nitro benzene ring substituents is 1. The maximum Gasteiger partial charge on any atom is 0.298 e. The van der Waals surface area contributed by atoms with Crippen LogP contribution in [0.3, 0.4) is 0 Å². The van der Waals surface area contributed by atoms with Crippen molar-refractivity contribution < 1.29 is 23.2 Å². The maximum atomic E-state index is 13.7. The Kier molecular flexibility index (Phi) is 3.88. The van der Waals surface area contributed by atoms with Crippen LogP contribution in [0.4, 0.5) is 20.2 Å². The first-order valence-corrected chi connectivity index (χ1v) is 6.04. The van der Waals surface area contributed by atoms with Crippen LogP contribution in [-0.4, -0.2) is 30.1 Å². The van der Waals surface area contributed by atoms with Gasteiger partial charge < -0.3 is 15.8 Å². The third-order valence-electron chi connectivity index (χ3n) is 3.51. The molecule has 0 radical (unpaired) electrons. The summed E-state index contributed by atoms with van der Waals surface area (Å²) in [6.45, 7) is 1.67. The number of carbonyl (C=O) groups excluding carboxylic acids is 1. The Morgan fingerprint density at radius 3 is 2.76 bits per heavy atom. The Balaban J connectivity index is 2.36. The fourth-order valence-electron chi connectivity index (χ4n) is 2.01. The van der Waals surface area contributed by atoms with Crippen LogP contribution in [0, 0.1) is 27.2 Å². The second-order valence-electron chi connectivity index (χ2n) is 5.03. The highest BCUT2D eigenvalue weighted by molar-refractivity contribution is 5.97. The summed E-state index contributed by atoms with van der Waals surface area (Å²) in [5, 5.41) is 13.0. The maximum absolute atomic E-state index is 13.7. The molecule has 1 aliphatic heterocycles. The van der Waals surface area contributed by atoms with Crippen LogP contribution in [0.5, 0.6) is 0 Å². The minimum absolute atomic E-state index is 0.0105. The minimum Gasteiger partial charge on any atom is -0.379 e. The average molecular weight is 301 g/mol. The zero-order valence-electron chi connectivity index (χ0n) is 11.1. The van der Waals surface area contributed by atoms with E-state index in [1.165, 1.54) is 6.92 Å². The van der Waals surface area contributed by atoms with Gasteiger partial charge in [-0.25, -0.2) is 8.78 Å². The van der Waals surface area contributed by atoms with Crippen LogP contribution in [0.1, 0.15) is 6.92 Å². The molecule has 1 fully saturated rings. The molecular formula is C12H13F2N3O4. The molecule has 0 spiro atoms. The number of ether oxygens (including phenoxy) is 1. The predicted octanol–water partition coefficient (Wildman–Crippen LogP) is 1.18. The molecule has 0 aromatic heterocycles. The molecule has 1 heterocycles. The number of anilines is 1. The van der Waals surface area contributed by atoms with Crippen LogP contribution < -0.4 is 11.1 Å². The first kappa shape index (κ1) is 15.3. The average Bonchev–Trinajstić information content (AvgIpc) is 2.73. The molecule has 9 heteroatoms. The highest BCUT2D eigenvalue weighted by Crippen LogP contribution is 2.33. The molecule has 3 N–H and O–H groups in total. The first-order valence-electron chi connectivity index (χ1n) is 6.04. The van der Waals surface area contributed by atoms with Gasteiger partial charge in [0.05, 0.1) is 29.6 Å². The number of nitro groups is 1. The van der Waals surface area contributed by atoms with Gasteiger partial charge in [0, 0.05) is 12.1 Å². The van der Waals surface area contributed by atoms with Crippen LogP contribution in [0.2, 0.25) is 0 Å². The number of benzene rings is 1. The van der Waals surface area contributed by atoms with Crippen molar-refractivity contribution in [2.24, 2.45) is 11.1 Å². The molecule has 0 aliphatic carbocycles. The second kappa shape index (κ2) is 5.34. The number of nitrogens with two attached hydrogens (primary N) is 1. The number of nitrogens with zero attached hydrogens (tertiary/aromatic N) is 1. The van der Waals surface area contributed by atoms with E-state index in [-0.39, 0.29) is 13.2 Å². The van der Waals surface area contributed by atoms with Gasteiger partial charge in [0.1, 0.15) is 5.82 Å². The van der Waals surface area contributed by atoms with E-state index in [9.17, 15) is 23.7 Å². The zero-order chi connectivity index (χ0) is 15.8. The minimum atomic E-state index is -1.23. The Hall–Kier alpha value is -2.13. The summed E-state index contributed by atoms with van der Waals surface area (Å²) < 4.78 is 31.9. The number of nitrogens with one attached hydrogen (secondary N) is 1. The summed E-state index contributed by atoms with van der Waals surface area (Å²) in [6, 6.07) is 0.363. The molecule has 2 unspecified atom stereocenters. The van der Waals surface area contributed by atoms with E-state index in [1.807, 2.05) is 0 Å². The number of carbonyl (C=O) groups is 1. The Bertz CT molecular complexity index is 610. The Morgan fingerprint density at radius 2 is 2.24 bits per heavy atom. The van der Waals surface area contributed by atoms with Crippen molar-refractivity contribution in [3.05, 3.63) is 33.9 Å². The van der Waals surface area contributed by atoms with Gasteiger partial charge in [-0.1, -0.05) is 0 Å². The smallest absolute Gasteiger partial charge is 0.298 e. The summed E-state index contributed by atoms with van der Waals surface area (Å²) in [5.74, 6) is -3.06. The molecule has 0 bridgehead atoms. The molecule has 2 rings (SSSR count). The lowest BCUT2D eigenvalue weighted by Gasteiger charge is -2.25. The summed E-state index contributed by atoms with van der Waals surface area (Å²) >= 11 is 0. The van der Waals surface area contributed by atoms with Crippen molar-refractivity contribution in [1.82, 2.24) is 0 Å². The van der Waals surface area contributed by atoms with Crippen molar-refractivity contribution in [2.75, 3.05) is 18.5 Å². The summed E-state index contributed by atoms with van der Waals surface area (Å²) in [4.78, 5) is 22.1. The Labute approximate surface area is 118 Å². The van der Waals surface area contributed by atoms with E-state index in [2.05, 4.69) is 5.32 Å². The van der Waals surface area contributed by atoms with Crippen molar-refractivity contribution >= 4 is 17.3 Å². The zero-order valence-corrected chi connectivity index (χ0v) is 11.1. The SMILES string of the molecule is CC1(C(=O)Nc2c(F)cc(F)cc2[N+](=O)[O-])COCC1N. The van der Waals surface area contributed by atoms with E-state index in [4.69, 9.17) is 10.5 Å². The summed E-state index contributed by atoms with van der Waals surface area (Å²) in [6.07, 6.45) is 0. The van der Waals surface area contributed by atoms with Gasteiger partial charge in [-0.3, -0.25) is 14.9 Å². The van der Waals surface area contributed by atoms with E-state index < -0.39 is 45.3 Å². The van der Waals surface area contributed by atoms with E-state index in [0.717, 1.165) is 0 Å². The van der Waals surface area contributed by atoms with Crippen molar-refractivity contribution in [3.63, 3.8) is 0 Å². The summed E-state index contributed by atoms with van der Waals surface area (Å²) in [5.41, 5.74) is 3.06. The van der Waals surface area contributed by atoms with Crippen LogP contribution in [0.25, 0.3) is 0 Å². The van der Waals surface area contributed by atoms with Gasteiger partial charge in [-0.15, -0.1) is 0 Å². The monoisotopic (exact) mass is 301 g/mol. The van der Waals surface area contributed by atoms with Crippen molar-refractivity contribution in [3.8, 4) is 0 Å². The molecule has 7 nitrogen and oxygen atoms in total. The van der Waals surface area contributed by atoms with Gasteiger partial charge in [0.25, 0.3) is 5.69 Å². The molecule has 0 saturated carbocycles. The first-order chi connectivity index (χ1) is 9.75. The van der Waals surface area contributed by atoms with Gasteiger partial charge in [0.15, 0.2) is 11.5 Å². The number of halogens is 2. The molecule has 1 aromatic rings. The van der Waals surface area contributed by atoms with Gasteiger partial charge in [0.2, 0.25) is 5.91 Å². The molecule has 1 aliphatic rings. The van der Waals surface area contributed by atoms with E-state index in [0.29, 0.717) is 12.1 Å². The number of rotatable bonds is 3. The number of amides is 1. The molecule has 114 valence electrons. The fraction of sp³-hybridized carbons (Fsp3) is 0.417. The lowest BCUT2D eigenvalue weighted by atomic mass is 9.84. The van der Waals surface area contributed by atoms with E-state index >= 15 is 0 Å². The van der Waals surface area contributed by atoms with Gasteiger partial charge >= 0.3 is 0 Å². The number of hydrogen-bond donors (Lipinski definition) is 2. The van der Waals surface area contributed by atoms with Crippen molar-refractivity contribution in [2.45, 2.75) is 13.0 Å². The lowest BCUT2D eigenvalue weighted by molar-refractivity contribution is -0.384. The Morgan fingerprint density at radius 1 is 1.57 bits per heavy atom. The third-order valence-corrected chi connectivity index (χ3v) is 3.51. The standard InChI is InChI=1S/C12H13F2N3O4/c1-12(5-21-4-9(12)15)11(18)16-10-7(14)2-6(13)3-8(10)17(19)20/h2-3,9H,4-5,15H2,1H3,(H,16,18). The largest absolute Gasteiger partial charge is 0.379 e. The molecule has 1 amide bonds. The quantitative estimate of drug-likeness (QED) is 0.643. The van der Waals surface area contributed by atoms with Gasteiger partial charge in [-0.05, 0) is 6.92 Å². The molecule has 1 saturated heterocycles. The normalized spacial score (nSPS) is 24.9. The topological polar surface area (TPSA) is 107 Å². The number of hydrogen-bond acceptors (Lipinski definition) is 5. The van der Waals surface area contributed by atoms with Crippen molar-refractivity contribution in [1.29, 1.82) is 0 Å². The van der Waals surface area contributed by atoms with E-state index in [1.54, 1.807) is 0 Å². The highest BCUT2D eigenvalue weighted by atomic mass is 19.1. The lowest BCUT2D eigenvalue weighted by Crippen LogP contribution is -2.47. The van der Waals surface area contributed by atoms with Crippen LogP contribution in [-0.2, 0) is 9.53 Å². The second-order valence-corrected chi connectivity index (χ2v) is 5.03. The van der Waals surface area contributed by atoms with Gasteiger partial charge in [-0.2, -0.15) is 0 Å². The van der Waals surface area contributed by atoms with Crippen LogP contribution in [0.15, 0.2) is 12.1 Å². The third kappa shape index (κ3) is 2.69. The molecular weight excluding hydrogens is 288 g/mol. The summed E-state index contributed by atoms with van der Waals surface area (Å²) in [7, 11) is 0. The molecule has 2 atom stereocenters. The molecule has 21 heavy (non-hydrogen) atoms. The molecule has 1 aromatic carbocycles. The fourth-order valence-corrected chi connectivity index (χ4v) is 2.01. The predicted molar refractivity (Wildman–Crippen MR) is 68.5 cm³/mol. The highest BCUT2D eigenvalue weighted by Gasteiger charge is 2.45. The van der Waals surface area contributed by atoms with Crippen LogP contribution >= 0.6 is 0 Å².